The molecule has 2 saturated heterocycles. The van der Waals surface area contributed by atoms with E-state index < -0.39 is 42.1 Å². The van der Waals surface area contributed by atoms with Crippen LogP contribution < -0.4 is 25.4 Å². The van der Waals surface area contributed by atoms with Crippen molar-refractivity contribution in [3.63, 3.8) is 0 Å². The molecule has 3 unspecified atom stereocenters. The van der Waals surface area contributed by atoms with Crippen LogP contribution in [0.25, 0.3) is 0 Å². The summed E-state index contributed by atoms with van der Waals surface area (Å²) in [6, 6.07) is 11.2. The van der Waals surface area contributed by atoms with E-state index in [2.05, 4.69) is 16.0 Å². The van der Waals surface area contributed by atoms with E-state index in [0.29, 0.717) is 24.3 Å². The third-order valence-electron chi connectivity index (χ3n) is 7.35. The van der Waals surface area contributed by atoms with E-state index in [1.807, 2.05) is 6.92 Å². The lowest BCUT2D eigenvalue weighted by Gasteiger charge is -2.44. The van der Waals surface area contributed by atoms with Crippen molar-refractivity contribution in [2.45, 2.75) is 81.1 Å². The Kier molecular flexibility index (Phi) is 7.36. The molecule has 3 fully saturated rings. The van der Waals surface area contributed by atoms with Gasteiger partial charge in [-0.2, -0.15) is 13.2 Å². The number of carbonyl (C=O) groups excluding carboxylic acids is 1. The van der Waals surface area contributed by atoms with Crippen molar-refractivity contribution in [1.82, 2.24) is 10.6 Å². The molecular weight excluding hydrogens is 525 g/mol. The summed E-state index contributed by atoms with van der Waals surface area (Å²) in [4.78, 5) is 12.8. The number of hydrogen-bond acceptors (Lipinski definition) is 5. The summed E-state index contributed by atoms with van der Waals surface area (Å²) in [5.74, 6) is -2.22. The smallest absolute Gasteiger partial charge is 0.421 e. The van der Waals surface area contributed by atoms with Crippen molar-refractivity contribution >= 4 is 11.7 Å². The number of para-hydroxylation sites is 1. The number of rotatable bonds is 7. The highest BCUT2D eigenvalue weighted by Crippen LogP contribution is 2.52. The molecule has 2 aromatic carbocycles. The maximum absolute atomic E-state index is 14.0. The number of benzene rings is 2. The zero-order valence-electron chi connectivity index (χ0n) is 21.2. The van der Waals surface area contributed by atoms with Gasteiger partial charge in [-0.15, -0.1) is 0 Å². The third-order valence-corrected chi connectivity index (χ3v) is 7.35. The van der Waals surface area contributed by atoms with Gasteiger partial charge in [0, 0.05) is 36.6 Å². The van der Waals surface area contributed by atoms with E-state index in [9.17, 15) is 26.7 Å². The van der Waals surface area contributed by atoms with Crippen molar-refractivity contribution in [1.29, 1.82) is 0 Å². The Hall–Kier alpha value is -3.12. The number of anilines is 1. The lowest BCUT2D eigenvalue weighted by atomic mass is 9.85. The van der Waals surface area contributed by atoms with Crippen LogP contribution in [0.4, 0.5) is 32.4 Å². The Balaban J connectivity index is 1.22. The molecule has 12 heteroatoms. The second kappa shape index (κ2) is 10.5. The summed E-state index contributed by atoms with van der Waals surface area (Å²) >= 11 is 0. The number of halogens is 5. The third kappa shape index (κ3) is 5.91. The van der Waals surface area contributed by atoms with Crippen molar-refractivity contribution < 1.29 is 41.0 Å². The van der Waals surface area contributed by atoms with Crippen molar-refractivity contribution in [2.75, 3.05) is 11.9 Å². The quantitative estimate of drug-likeness (QED) is 0.382. The minimum Gasteiger partial charge on any atom is -0.490 e. The van der Waals surface area contributed by atoms with E-state index >= 15 is 0 Å². The number of amides is 2. The molecule has 1 aliphatic carbocycles. The van der Waals surface area contributed by atoms with Crippen molar-refractivity contribution in [3.05, 3.63) is 54.1 Å². The average molecular weight is 556 g/mol. The van der Waals surface area contributed by atoms with Crippen LogP contribution in [0.3, 0.4) is 0 Å². The Bertz CT molecular complexity index is 1160. The molecule has 212 valence electrons. The molecule has 2 heterocycles. The second-order valence-corrected chi connectivity index (χ2v) is 10.3. The van der Waals surface area contributed by atoms with Crippen LogP contribution >= 0.6 is 0 Å². The van der Waals surface area contributed by atoms with Gasteiger partial charge in [-0.25, -0.2) is 13.6 Å². The molecule has 2 aliphatic heterocycles. The topological polar surface area (TPSA) is 80.9 Å². The number of piperidine rings is 1. The number of urea groups is 1. The first-order valence-electron chi connectivity index (χ1n) is 12.9. The van der Waals surface area contributed by atoms with Gasteiger partial charge in [-0.1, -0.05) is 18.2 Å². The minimum absolute atomic E-state index is 0.000528. The van der Waals surface area contributed by atoms with Gasteiger partial charge >= 0.3 is 12.2 Å². The summed E-state index contributed by atoms with van der Waals surface area (Å²) in [6.45, 7) is 1.93. The second-order valence-electron chi connectivity index (χ2n) is 10.3. The minimum atomic E-state index is -4.61. The molecule has 5 rings (SSSR count). The first-order valence-corrected chi connectivity index (χ1v) is 12.9. The molecule has 0 spiro atoms. The monoisotopic (exact) mass is 555 g/mol. The maximum Gasteiger partial charge on any atom is 0.421 e. The average Bonchev–Trinajstić information content (AvgIpc) is 2.80. The predicted octanol–water partition coefficient (Wildman–Crippen LogP) is 5.71. The number of alkyl halides is 5. The molecular formula is C27H30F5N3O4. The molecule has 0 radical (unpaired) electrons. The van der Waals surface area contributed by atoms with Gasteiger partial charge in [-0.3, -0.25) is 5.32 Å². The summed E-state index contributed by atoms with van der Waals surface area (Å²) < 4.78 is 84.5. The molecule has 2 aromatic rings. The van der Waals surface area contributed by atoms with Crippen LogP contribution in [-0.2, 0) is 10.3 Å². The summed E-state index contributed by atoms with van der Waals surface area (Å²) in [5, 5.41) is 8.77. The Morgan fingerprint density at radius 3 is 2.36 bits per heavy atom. The largest absolute Gasteiger partial charge is 0.490 e. The molecule has 2 amide bonds. The predicted molar refractivity (Wildman–Crippen MR) is 132 cm³/mol. The fourth-order valence-corrected chi connectivity index (χ4v) is 5.09. The van der Waals surface area contributed by atoms with Gasteiger partial charge in [0.15, 0.2) is 11.8 Å². The lowest BCUT2D eigenvalue weighted by molar-refractivity contribution is -0.334. The number of nitrogens with one attached hydrogen (secondary N) is 3. The lowest BCUT2D eigenvalue weighted by Crippen LogP contribution is -2.59. The van der Waals surface area contributed by atoms with E-state index in [1.165, 1.54) is 18.2 Å². The van der Waals surface area contributed by atoms with E-state index in [1.54, 1.807) is 30.3 Å². The zero-order valence-corrected chi connectivity index (χ0v) is 21.2. The zero-order chi connectivity index (χ0) is 27.8. The van der Waals surface area contributed by atoms with Crippen molar-refractivity contribution in [3.8, 4) is 11.5 Å². The summed E-state index contributed by atoms with van der Waals surface area (Å²) in [6.07, 6.45) is -5.52. The highest BCUT2D eigenvalue weighted by atomic mass is 19.4. The Morgan fingerprint density at radius 2 is 1.74 bits per heavy atom. The number of carbonyl (C=O) groups is 1. The first-order chi connectivity index (χ1) is 18.4. The van der Waals surface area contributed by atoms with Crippen LogP contribution in [0, 0.1) is 0 Å². The molecule has 0 bridgehead atoms. The molecule has 4 atom stereocenters. The van der Waals surface area contributed by atoms with E-state index in [0.717, 1.165) is 0 Å². The number of ether oxygens (including phenoxy) is 3. The van der Waals surface area contributed by atoms with Gasteiger partial charge < -0.3 is 24.8 Å². The molecule has 39 heavy (non-hydrogen) atoms. The maximum atomic E-state index is 14.0. The van der Waals surface area contributed by atoms with Crippen LogP contribution in [-0.4, -0.2) is 49.2 Å². The molecule has 3 aliphatic rings. The Labute approximate surface area is 222 Å². The fourth-order valence-electron chi connectivity index (χ4n) is 5.09. The van der Waals surface area contributed by atoms with Gasteiger partial charge in [0.1, 0.15) is 17.6 Å². The van der Waals surface area contributed by atoms with Gasteiger partial charge in [0.05, 0.1) is 12.6 Å². The number of hydrogen-bond donors (Lipinski definition) is 3. The molecule has 7 nitrogen and oxygen atoms in total. The standard InChI is InChI=1S/C27H30F5N3O4/c1-16-6-11-21(35-24(36)34-17-7-9-18(10-8-17)38-19-14-25(28,29)15-19)23(33-16)39-22-5-3-2-4-20(22)26(12-13-37-26)27(30,31)32/h2-5,7-10,16,19,21,23,33H,6,11-15H2,1H3,(H2,34,35,36)/t16?,21?,23?,26-/m1/s1. The normalized spacial score (nSPS) is 28.5. The molecule has 1 saturated carbocycles. The van der Waals surface area contributed by atoms with E-state index in [4.69, 9.17) is 14.2 Å². The van der Waals surface area contributed by atoms with Crippen LogP contribution in [0.1, 0.15) is 44.6 Å². The SMILES string of the molecule is CC1CCC(NC(=O)Nc2ccc(OC3CC(F)(F)C3)cc2)C(Oc2ccccc2[C@@]2(C(F)(F)F)CCO2)N1. The van der Waals surface area contributed by atoms with Crippen LogP contribution in [0.5, 0.6) is 11.5 Å². The fraction of sp³-hybridized carbons (Fsp3) is 0.519. The molecule has 3 N–H and O–H groups in total. The highest BCUT2D eigenvalue weighted by molar-refractivity contribution is 5.89. The summed E-state index contributed by atoms with van der Waals surface area (Å²) in [7, 11) is 0. The highest BCUT2D eigenvalue weighted by Gasteiger charge is 2.62. The van der Waals surface area contributed by atoms with E-state index in [-0.39, 0.29) is 43.2 Å². The molecule has 0 aromatic heterocycles. The van der Waals surface area contributed by atoms with Crippen LogP contribution in [0.15, 0.2) is 48.5 Å². The van der Waals surface area contributed by atoms with Gasteiger partial charge in [0.2, 0.25) is 0 Å². The van der Waals surface area contributed by atoms with Gasteiger partial charge in [0.25, 0.3) is 5.92 Å². The Morgan fingerprint density at radius 1 is 1.05 bits per heavy atom. The first kappa shape index (κ1) is 27.4. The van der Waals surface area contributed by atoms with Crippen LogP contribution in [0.2, 0.25) is 0 Å². The summed E-state index contributed by atoms with van der Waals surface area (Å²) in [5.41, 5.74) is -2.06. The van der Waals surface area contributed by atoms with Gasteiger partial charge in [-0.05, 0) is 50.1 Å². The van der Waals surface area contributed by atoms with Crippen molar-refractivity contribution in [2.24, 2.45) is 0 Å².